The zero-order valence-electron chi connectivity index (χ0n) is 10.9. The minimum absolute atomic E-state index is 0.116. The molecule has 104 valence electrons. The molecule has 0 spiro atoms. The number of carbonyl (C=O) groups is 1. The van der Waals surface area contributed by atoms with Crippen LogP contribution in [0.2, 0.25) is 0 Å². The van der Waals surface area contributed by atoms with Gasteiger partial charge in [-0.3, -0.25) is 9.69 Å². The first-order chi connectivity index (χ1) is 9.08. The minimum atomic E-state index is -0.489. The van der Waals surface area contributed by atoms with E-state index in [0.29, 0.717) is 32.0 Å². The number of ether oxygens (including phenoxy) is 1. The van der Waals surface area contributed by atoms with Crippen LogP contribution in [0.3, 0.4) is 0 Å². The van der Waals surface area contributed by atoms with Crippen molar-refractivity contribution in [3.8, 4) is 0 Å². The normalized spacial score (nSPS) is 18.0. The van der Waals surface area contributed by atoms with Gasteiger partial charge in [0.15, 0.2) is 0 Å². The third kappa shape index (κ3) is 3.42. The van der Waals surface area contributed by atoms with E-state index in [9.17, 15) is 9.18 Å². The molecule has 19 heavy (non-hydrogen) atoms. The monoisotopic (exact) mass is 267 g/mol. The lowest BCUT2D eigenvalue weighted by Gasteiger charge is -2.31. The van der Waals surface area contributed by atoms with Crippen LogP contribution in [0.4, 0.5) is 15.8 Å². The van der Waals surface area contributed by atoms with Crippen LogP contribution in [0.15, 0.2) is 18.2 Å². The molecule has 1 amide bonds. The lowest BCUT2D eigenvalue weighted by atomic mass is 10.2. The largest absolute Gasteiger partial charge is 0.399 e. The molecule has 1 aromatic rings. The number of halogens is 1. The summed E-state index contributed by atoms with van der Waals surface area (Å²) in [5, 5.41) is 2.57. The lowest BCUT2D eigenvalue weighted by Crippen LogP contribution is -2.47. The Balaban J connectivity index is 2.01. The molecule has 0 radical (unpaired) electrons. The topological polar surface area (TPSA) is 67.6 Å². The first-order valence-electron chi connectivity index (χ1n) is 6.25. The first kappa shape index (κ1) is 13.8. The van der Waals surface area contributed by atoms with Crippen LogP contribution in [0.25, 0.3) is 0 Å². The minimum Gasteiger partial charge on any atom is -0.399 e. The predicted octanol–water partition coefficient (Wildman–Crippen LogP) is 1.07. The highest BCUT2D eigenvalue weighted by Crippen LogP contribution is 2.18. The fourth-order valence-electron chi connectivity index (χ4n) is 2.01. The smallest absolute Gasteiger partial charge is 0.241 e. The van der Waals surface area contributed by atoms with Crippen LogP contribution in [-0.4, -0.2) is 43.2 Å². The number of benzene rings is 1. The predicted molar refractivity (Wildman–Crippen MR) is 71.3 cm³/mol. The van der Waals surface area contributed by atoms with Crippen molar-refractivity contribution in [3.63, 3.8) is 0 Å². The van der Waals surface area contributed by atoms with Crippen LogP contribution in [-0.2, 0) is 9.53 Å². The first-order valence-corrected chi connectivity index (χ1v) is 6.25. The number of hydrogen-bond acceptors (Lipinski definition) is 4. The number of anilines is 2. The summed E-state index contributed by atoms with van der Waals surface area (Å²) < 4.78 is 18.8. The van der Waals surface area contributed by atoms with Gasteiger partial charge in [-0.25, -0.2) is 4.39 Å². The summed E-state index contributed by atoms with van der Waals surface area (Å²) in [6.07, 6.45) is 0. The van der Waals surface area contributed by atoms with Crippen molar-refractivity contribution in [2.75, 3.05) is 37.4 Å². The molecule has 1 unspecified atom stereocenters. The van der Waals surface area contributed by atoms with Crippen molar-refractivity contribution in [1.82, 2.24) is 4.90 Å². The number of carbonyl (C=O) groups excluding carboxylic acids is 1. The van der Waals surface area contributed by atoms with Crippen LogP contribution in [0, 0.1) is 5.82 Å². The maximum absolute atomic E-state index is 13.5. The second kappa shape index (κ2) is 5.99. The Labute approximate surface area is 111 Å². The molecular formula is C13H18FN3O2. The number of nitrogens with two attached hydrogens (primary N) is 1. The van der Waals surface area contributed by atoms with Gasteiger partial charge in [0.2, 0.25) is 5.91 Å². The summed E-state index contributed by atoms with van der Waals surface area (Å²) in [5.74, 6) is -0.733. The molecule has 1 aliphatic rings. The Kier molecular flexibility index (Phi) is 4.34. The second-order valence-corrected chi connectivity index (χ2v) is 4.55. The molecular weight excluding hydrogens is 249 g/mol. The van der Waals surface area contributed by atoms with Gasteiger partial charge in [-0.15, -0.1) is 0 Å². The number of morpholine rings is 1. The van der Waals surface area contributed by atoms with Crippen molar-refractivity contribution in [1.29, 1.82) is 0 Å². The number of nitrogens with one attached hydrogen (secondary N) is 1. The summed E-state index contributed by atoms with van der Waals surface area (Å²) in [6.45, 7) is 4.43. The van der Waals surface area contributed by atoms with Gasteiger partial charge < -0.3 is 15.8 Å². The Hall–Kier alpha value is -1.66. The van der Waals surface area contributed by atoms with Gasteiger partial charge in [0.1, 0.15) is 5.82 Å². The van der Waals surface area contributed by atoms with E-state index >= 15 is 0 Å². The molecule has 1 fully saturated rings. The Morgan fingerprint density at radius 3 is 2.84 bits per heavy atom. The summed E-state index contributed by atoms with van der Waals surface area (Å²) in [6, 6.07) is 3.78. The van der Waals surface area contributed by atoms with E-state index in [1.165, 1.54) is 18.2 Å². The van der Waals surface area contributed by atoms with Crippen molar-refractivity contribution in [3.05, 3.63) is 24.0 Å². The Morgan fingerprint density at radius 1 is 1.47 bits per heavy atom. The average Bonchev–Trinajstić information content (AvgIpc) is 2.43. The van der Waals surface area contributed by atoms with E-state index in [4.69, 9.17) is 10.5 Å². The third-order valence-electron chi connectivity index (χ3n) is 3.22. The van der Waals surface area contributed by atoms with Gasteiger partial charge in [-0.1, -0.05) is 0 Å². The van der Waals surface area contributed by atoms with Gasteiger partial charge in [-0.2, -0.15) is 0 Å². The van der Waals surface area contributed by atoms with Crippen molar-refractivity contribution < 1.29 is 13.9 Å². The average molecular weight is 267 g/mol. The molecule has 1 heterocycles. The van der Waals surface area contributed by atoms with Gasteiger partial charge in [0, 0.05) is 18.8 Å². The van der Waals surface area contributed by atoms with E-state index in [2.05, 4.69) is 5.32 Å². The molecule has 1 atom stereocenters. The Bertz CT molecular complexity index is 461. The van der Waals surface area contributed by atoms with Gasteiger partial charge in [0.05, 0.1) is 24.9 Å². The molecule has 3 N–H and O–H groups in total. The molecule has 5 nitrogen and oxygen atoms in total. The van der Waals surface area contributed by atoms with Crippen LogP contribution >= 0.6 is 0 Å². The standard InChI is InChI=1S/C13H18FN3O2/c1-9(17-4-6-19-7-5-17)13(18)16-12-8-10(15)2-3-11(12)14/h2-3,8-9H,4-7,15H2,1H3,(H,16,18). The quantitative estimate of drug-likeness (QED) is 0.804. The highest BCUT2D eigenvalue weighted by atomic mass is 19.1. The van der Waals surface area contributed by atoms with E-state index in [-0.39, 0.29) is 17.6 Å². The number of nitrogens with zero attached hydrogens (tertiary/aromatic N) is 1. The van der Waals surface area contributed by atoms with Crippen LogP contribution < -0.4 is 11.1 Å². The summed E-state index contributed by atoms with van der Waals surface area (Å²) in [4.78, 5) is 14.1. The molecule has 1 aliphatic heterocycles. The molecule has 2 rings (SSSR count). The third-order valence-corrected chi connectivity index (χ3v) is 3.22. The maximum atomic E-state index is 13.5. The lowest BCUT2D eigenvalue weighted by molar-refractivity contribution is -0.122. The van der Waals surface area contributed by atoms with E-state index < -0.39 is 5.82 Å². The molecule has 1 saturated heterocycles. The zero-order chi connectivity index (χ0) is 13.8. The van der Waals surface area contributed by atoms with Gasteiger partial charge >= 0.3 is 0 Å². The summed E-state index contributed by atoms with van der Waals surface area (Å²) >= 11 is 0. The number of hydrogen-bond donors (Lipinski definition) is 2. The van der Waals surface area contributed by atoms with Crippen LogP contribution in [0.1, 0.15) is 6.92 Å². The van der Waals surface area contributed by atoms with E-state index in [0.717, 1.165) is 0 Å². The fourth-order valence-corrected chi connectivity index (χ4v) is 2.01. The molecule has 0 saturated carbocycles. The zero-order valence-corrected chi connectivity index (χ0v) is 10.9. The van der Waals surface area contributed by atoms with Crippen molar-refractivity contribution in [2.24, 2.45) is 0 Å². The SMILES string of the molecule is CC(C(=O)Nc1cc(N)ccc1F)N1CCOCC1. The molecule has 0 bridgehead atoms. The van der Waals surface area contributed by atoms with E-state index in [1.54, 1.807) is 6.92 Å². The maximum Gasteiger partial charge on any atom is 0.241 e. The van der Waals surface area contributed by atoms with Gasteiger partial charge in [-0.05, 0) is 25.1 Å². The summed E-state index contributed by atoms with van der Waals surface area (Å²) in [7, 11) is 0. The molecule has 1 aromatic carbocycles. The Morgan fingerprint density at radius 2 is 2.16 bits per heavy atom. The molecule has 0 aliphatic carbocycles. The highest BCUT2D eigenvalue weighted by Gasteiger charge is 2.23. The van der Waals surface area contributed by atoms with Crippen molar-refractivity contribution >= 4 is 17.3 Å². The van der Waals surface area contributed by atoms with E-state index in [1.807, 2.05) is 4.90 Å². The fraction of sp³-hybridized carbons (Fsp3) is 0.462. The van der Waals surface area contributed by atoms with Gasteiger partial charge in [0.25, 0.3) is 0 Å². The number of nitrogen functional groups attached to an aromatic ring is 1. The number of rotatable bonds is 3. The molecule has 0 aromatic heterocycles. The highest BCUT2D eigenvalue weighted by molar-refractivity contribution is 5.95. The molecule has 6 heteroatoms. The summed E-state index contributed by atoms with van der Waals surface area (Å²) in [5.41, 5.74) is 6.11. The van der Waals surface area contributed by atoms with Crippen LogP contribution in [0.5, 0.6) is 0 Å². The second-order valence-electron chi connectivity index (χ2n) is 4.55. The van der Waals surface area contributed by atoms with Crippen molar-refractivity contribution in [2.45, 2.75) is 13.0 Å². The number of amides is 1.